The van der Waals surface area contributed by atoms with Gasteiger partial charge < -0.3 is 4.74 Å². The van der Waals surface area contributed by atoms with Crippen LogP contribution in [0.4, 0.5) is 0 Å². The van der Waals surface area contributed by atoms with E-state index in [-0.39, 0.29) is 0 Å². The van der Waals surface area contributed by atoms with Gasteiger partial charge in [-0.05, 0) is 48.6 Å². The van der Waals surface area contributed by atoms with Crippen molar-refractivity contribution in [3.05, 3.63) is 29.3 Å². The van der Waals surface area contributed by atoms with Gasteiger partial charge in [-0.25, -0.2) is 0 Å². The molecule has 0 saturated carbocycles. The van der Waals surface area contributed by atoms with Crippen LogP contribution in [0.5, 0.6) is 5.75 Å². The molecular formula is C19H32OS. The molecule has 21 heavy (non-hydrogen) atoms. The van der Waals surface area contributed by atoms with E-state index >= 15 is 0 Å². The van der Waals surface area contributed by atoms with E-state index in [2.05, 4.69) is 51.6 Å². The quantitative estimate of drug-likeness (QED) is 0.380. The second-order valence-electron chi connectivity index (χ2n) is 6.23. The molecule has 2 heteroatoms. The van der Waals surface area contributed by atoms with E-state index in [1.165, 1.54) is 49.7 Å². The first-order valence-electron chi connectivity index (χ1n) is 8.49. The molecule has 0 unspecified atom stereocenters. The van der Waals surface area contributed by atoms with Crippen molar-refractivity contribution < 1.29 is 4.74 Å². The van der Waals surface area contributed by atoms with Gasteiger partial charge in [0.15, 0.2) is 0 Å². The Morgan fingerprint density at radius 1 is 0.952 bits per heavy atom. The van der Waals surface area contributed by atoms with Crippen molar-refractivity contribution in [2.45, 2.75) is 71.6 Å². The second kappa shape index (κ2) is 11.0. The fourth-order valence-corrected chi connectivity index (χ4v) is 2.63. The molecule has 0 heterocycles. The molecule has 120 valence electrons. The van der Waals surface area contributed by atoms with Crippen LogP contribution >= 0.6 is 12.6 Å². The van der Waals surface area contributed by atoms with E-state index in [1.807, 2.05) is 0 Å². The molecule has 0 bridgehead atoms. The normalized spacial score (nSPS) is 11.1. The molecule has 0 fully saturated rings. The van der Waals surface area contributed by atoms with E-state index in [9.17, 15) is 0 Å². The molecule has 0 amide bonds. The Labute approximate surface area is 136 Å². The van der Waals surface area contributed by atoms with Crippen LogP contribution in [-0.4, -0.2) is 12.4 Å². The third-order valence-corrected chi connectivity index (χ3v) is 4.26. The average Bonchev–Trinajstić information content (AvgIpc) is 2.47. The molecule has 0 radical (unpaired) electrons. The fraction of sp³-hybridized carbons (Fsp3) is 0.684. The number of benzene rings is 1. The van der Waals surface area contributed by atoms with Crippen molar-refractivity contribution in [1.82, 2.24) is 0 Å². The zero-order chi connectivity index (χ0) is 15.5. The third kappa shape index (κ3) is 7.80. The lowest BCUT2D eigenvalue weighted by Crippen LogP contribution is -2.00. The largest absolute Gasteiger partial charge is 0.493 e. The van der Waals surface area contributed by atoms with Gasteiger partial charge in [-0.3, -0.25) is 0 Å². The predicted molar refractivity (Wildman–Crippen MR) is 96.9 cm³/mol. The summed E-state index contributed by atoms with van der Waals surface area (Å²) >= 11 is 4.24. The van der Waals surface area contributed by atoms with E-state index in [1.54, 1.807) is 0 Å². The van der Waals surface area contributed by atoms with Crippen LogP contribution in [-0.2, 0) is 0 Å². The Kier molecular flexibility index (Phi) is 9.65. The first-order valence-corrected chi connectivity index (χ1v) is 9.12. The van der Waals surface area contributed by atoms with Crippen LogP contribution in [0.15, 0.2) is 18.2 Å². The summed E-state index contributed by atoms with van der Waals surface area (Å²) in [5, 5.41) is 0. The minimum absolute atomic E-state index is 0.560. The smallest absolute Gasteiger partial charge is 0.122 e. The van der Waals surface area contributed by atoms with Crippen molar-refractivity contribution in [3.8, 4) is 5.75 Å². The Hall–Kier alpha value is -0.630. The molecule has 1 nitrogen and oxygen atoms in total. The summed E-state index contributed by atoms with van der Waals surface area (Å²) < 4.78 is 5.96. The van der Waals surface area contributed by atoms with E-state index in [0.29, 0.717) is 5.92 Å². The minimum atomic E-state index is 0.560. The standard InChI is InChI=1S/C19H32OS/c1-16(2)18-12-11-17(3)19(15-18)20-13-9-7-5-4-6-8-10-14-21/h11-12,15-16,21H,4-10,13-14H2,1-3H3. The maximum Gasteiger partial charge on any atom is 0.122 e. The predicted octanol–water partition coefficient (Wildman–Crippen LogP) is 6.16. The zero-order valence-corrected chi connectivity index (χ0v) is 14.9. The van der Waals surface area contributed by atoms with Crippen molar-refractivity contribution in [1.29, 1.82) is 0 Å². The summed E-state index contributed by atoms with van der Waals surface area (Å²) in [6.07, 6.45) is 9.09. The summed E-state index contributed by atoms with van der Waals surface area (Å²) in [7, 11) is 0. The zero-order valence-electron chi connectivity index (χ0n) is 14.0. The van der Waals surface area contributed by atoms with Crippen molar-refractivity contribution in [2.75, 3.05) is 12.4 Å². The highest BCUT2D eigenvalue weighted by Gasteiger charge is 2.04. The van der Waals surface area contributed by atoms with Crippen LogP contribution in [0.1, 0.15) is 75.8 Å². The van der Waals surface area contributed by atoms with Gasteiger partial charge in [-0.1, -0.05) is 58.1 Å². The number of rotatable bonds is 11. The summed E-state index contributed by atoms with van der Waals surface area (Å²) in [6.45, 7) is 7.42. The maximum atomic E-state index is 5.96. The summed E-state index contributed by atoms with van der Waals surface area (Å²) in [6, 6.07) is 6.58. The Morgan fingerprint density at radius 3 is 2.19 bits per heavy atom. The molecule has 0 aromatic heterocycles. The first kappa shape index (κ1) is 18.4. The van der Waals surface area contributed by atoms with E-state index in [4.69, 9.17) is 4.74 Å². The molecule has 0 atom stereocenters. The molecule has 0 aliphatic rings. The number of hydrogen-bond acceptors (Lipinski definition) is 2. The van der Waals surface area contributed by atoms with Gasteiger partial charge in [-0.2, -0.15) is 12.6 Å². The van der Waals surface area contributed by atoms with Crippen molar-refractivity contribution >= 4 is 12.6 Å². The lowest BCUT2D eigenvalue weighted by atomic mass is 10.0. The molecule has 1 aromatic rings. The van der Waals surface area contributed by atoms with Gasteiger partial charge in [0.2, 0.25) is 0 Å². The topological polar surface area (TPSA) is 9.23 Å². The summed E-state index contributed by atoms with van der Waals surface area (Å²) in [4.78, 5) is 0. The van der Waals surface area contributed by atoms with Gasteiger partial charge >= 0.3 is 0 Å². The summed E-state index contributed by atoms with van der Waals surface area (Å²) in [5.41, 5.74) is 2.60. The number of unbranched alkanes of at least 4 members (excludes halogenated alkanes) is 6. The van der Waals surface area contributed by atoms with Crippen molar-refractivity contribution in [2.24, 2.45) is 0 Å². The Morgan fingerprint density at radius 2 is 1.57 bits per heavy atom. The Bertz CT molecular complexity index is 387. The number of ether oxygens (including phenoxy) is 1. The van der Waals surface area contributed by atoms with Gasteiger partial charge in [0, 0.05) is 0 Å². The van der Waals surface area contributed by atoms with Gasteiger partial charge in [0.1, 0.15) is 5.75 Å². The van der Waals surface area contributed by atoms with Crippen LogP contribution in [0.25, 0.3) is 0 Å². The maximum absolute atomic E-state index is 5.96. The number of thiol groups is 1. The lowest BCUT2D eigenvalue weighted by Gasteiger charge is -2.12. The third-order valence-electron chi connectivity index (χ3n) is 3.94. The Balaban J connectivity index is 2.16. The molecule has 0 spiro atoms. The van der Waals surface area contributed by atoms with Crippen LogP contribution < -0.4 is 4.74 Å². The molecule has 0 aliphatic carbocycles. The molecule has 0 N–H and O–H groups in total. The first-order chi connectivity index (χ1) is 10.1. The van der Waals surface area contributed by atoms with Crippen molar-refractivity contribution in [3.63, 3.8) is 0 Å². The molecule has 1 aromatic carbocycles. The molecule has 0 aliphatic heterocycles. The molecular weight excluding hydrogens is 276 g/mol. The van der Waals surface area contributed by atoms with Gasteiger partial charge in [0.05, 0.1) is 6.61 Å². The van der Waals surface area contributed by atoms with E-state index < -0.39 is 0 Å². The number of hydrogen-bond donors (Lipinski definition) is 1. The second-order valence-corrected chi connectivity index (χ2v) is 6.67. The summed E-state index contributed by atoms with van der Waals surface area (Å²) in [5.74, 6) is 2.66. The monoisotopic (exact) mass is 308 g/mol. The van der Waals surface area contributed by atoms with Crippen LogP contribution in [0.3, 0.4) is 0 Å². The highest BCUT2D eigenvalue weighted by Crippen LogP contribution is 2.24. The van der Waals surface area contributed by atoms with Gasteiger partial charge in [0.25, 0.3) is 0 Å². The SMILES string of the molecule is Cc1ccc(C(C)C)cc1OCCCCCCCCCS. The highest BCUT2D eigenvalue weighted by atomic mass is 32.1. The molecule has 1 rings (SSSR count). The molecule has 0 saturated heterocycles. The fourth-order valence-electron chi connectivity index (χ4n) is 2.41. The minimum Gasteiger partial charge on any atom is -0.493 e. The van der Waals surface area contributed by atoms with E-state index in [0.717, 1.165) is 24.5 Å². The highest BCUT2D eigenvalue weighted by molar-refractivity contribution is 7.80. The number of aryl methyl sites for hydroxylation is 1. The van der Waals surface area contributed by atoms with Crippen LogP contribution in [0, 0.1) is 6.92 Å². The average molecular weight is 309 g/mol. The van der Waals surface area contributed by atoms with Gasteiger partial charge in [-0.15, -0.1) is 0 Å². The van der Waals surface area contributed by atoms with Crippen LogP contribution in [0.2, 0.25) is 0 Å². The lowest BCUT2D eigenvalue weighted by molar-refractivity contribution is 0.302.